The molecule has 0 radical (unpaired) electrons. The number of hydrogen-bond donors (Lipinski definition) is 2. The molecular weight excluding hydrogens is 224 g/mol. The summed E-state index contributed by atoms with van der Waals surface area (Å²) in [5, 5.41) is 6.67. The summed E-state index contributed by atoms with van der Waals surface area (Å²) in [6.45, 7) is 14.3. The van der Waals surface area contributed by atoms with Crippen molar-refractivity contribution < 1.29 is 0 Å². The van der Waals surface area contributed by atoms with Crippen molar-refractivity contribution in [1.82, 2.24) is 15.5 Å². The van der Waals surface area contributed by atoms with Crippen LogP contribution in [0.1, 0.15) is 40.5 Å². The van der Waals surface area contributed by atoms with E-state index in [0.717, 1.165) is 32.1 Å². The van der Waals surface area contributed by atoms with E-state index in [9.17, 15) is 0 Å². The zero-order valence-corrected chi connectivity index (χ0v) is 12.9. The molecule has 108 valence electrons. The maximum Gasteiger partial charge on any atom is 0.190 e. The van der Waals surface area contributed by atoms with E-state index in [2.05, 4.69) is 48.2 Å². The number of unbranched alkanes of at least 4 members (excludes halogenated alkanes) is 1. The van der Waals surface area contributed by atoms with Crippen molar-refractivity contribution in [2.24, 2.45) is 10.9 Å². The van der Waals surface area contributed by atoms with Crippen LogP contribution in [-0.4, -0.2) is 50.6 Å². The van der Waals surface area contributed by atoms with Gasteiger partial charge in [0.05, 0.1) is 0 Å². The zero-order valence-electron chi connectivity index (χ0n) is 12.9. The van der Waals surface area contributed by atoms with E-state index in [0.29, 0.717) is 5.92 Å². The second-order valence-corrected chi connectivity index (χ2v) is 5.01. The third-order valence-electron chi connectivity index (χ3n) is 2.99. The number of guanidine groups is 1. The van der Waals surface area contributed by atoms with Crippen LogP contribution in [0, 0.1) is 5.92 Å². The summed E-state index contributed by atoms with van der Waals surface area (Å²) < 4.78 is 0. The van der Waals surface area contributed by atoms with Crippen LogP contribution in [0.3, 0.4) is 0 Å². The van der Waals surface area contributed by atoms with E-state index in [1.165, 1.54) is 19.4 Å². The van der Waals surface area contributed by atoms with Gasteiger partial charge in [0.1, 0.15) is 0 Å². The fourth-order valence-electron chi connectivity index (χ4n) is 1.73. The van der Waals surface area contributed by atoms with E-state index in [-0.39, 0.29) is 0 Å². The Labute approximate surface area is 113 Å². The summed E-state index contributed by atoms with van der Waals surface area (Å²) >= 11 is 0. The Bertz CT molecular complexity index is 210. The third kappa shape index (κ3) is 9.28. The predicted octanol–water partition coefficient (Wildman–Crippen LogP) is 1.93. The van der Waals surface area contributed by atoms with Crippen molar-refractivity contribution in [3.05, 3.63) is 0 Å². The van der Waals surface area contributed by atoms with E-state index in [1.807, 2.05) is 7.05 Å². The van der Waals surface area contributed by atoms with Gasteiger partial charge in [0, 0.05) is 20.1 Å². The molecule has 4 heteroatoms. The molecule has 0 aliphatic heterocycles. The first-order valence-electron chi connectivity index (χ1n) is 7.30. The molecule has 0 heterocycles. The second-order valence-electron chi connectivity index (χ2n) is 5.01. The summed E-state index contributed by atoms with van der Waals surface area (Å²) in [5.41, 5.74) is 0. The van der Waals surface area contributed by atoms with Gasteiger partial charge in [-0.05, 0) is 38.4 Å². The minimum Gasteiger partial charge on any atom is -0.356 e. The van der Waals surface area contributed by atoms with Crippen LogP contribution in [0.25, 0.3) is 0 Å². The highest BCUT2D eigenvalue weighted by molar-refractivity contribution is 5.79. The average Bonchev–Trinajstić information content (AvgIpc) is 2.37. The number of rotatable bonds is 9. The Balaban J connectivity index is 3.57. The summed E-state index contributed by atoms with van der Waals surface area (Å²) in [7, 11) is 1.82. The van der Waals surface area contributed by atoms with Crippen molar-refractivity contribution in [1.29, 1.82) is 0 Å². The predicted molar refractivity (Wildman–Crippen MR) is 81.2 cm³/mol. The summed E-state index contributed by atoms with van der Waals surface area (Å²) in [6, 6.07) is 0. The number of nitrogens with zero attached hydrogens (tertiary/aromatic N) is 2. The molecule has 0 amide bonds. The highest BCUT2D eigenvalue weighted by atomic mass is 15.2. The van der Waals surface area contributed by atoms with Gasteiger partial charge in [-0.15, -0.1) is 0 Å². The summed E-state index contributed by atoms with van der Waals surface area (Å²) in [5.74, 6) is 1.57. The van der Waals surface area contributed by atoms with Crippen LogP contribution in [0.2, 0.25) is 0 Å². The van der Waals surface area contributed by atoms with Crippen LogP contribution in [0.4, 0.5) is 0 Å². The van der Waals surface area contributed by atoms with Crippen molar-refractivity contribution in [3.8, 4) is 0 Å². The van der Waals surface area contributed by atoms with Crippen LogP contribution in [-0.2, 0) is 0 Å². The highest BCUT2D eigenvalue weighted by Gasteiger charge is 2.00. The lowest BCUT2D eigenvalue weighted by Crippen LogP contribution is -2.39. The van der Waals surface area contributed by atoms with Gasteiger partial charge < -0.3 is 15.5 Å². The van der Waals surface area contributed by atoms with Crippen LogP contribution < -0.4 is 10.6 Å². The van der Waals surface area contributed by atoms with Gasteiger partial charge in [0.2, 0.25) is 0 Å². The molecule has 0 aliphatic carbocycles. The molecule has 2 N–H and O–H groups in total. The molecule has 0 aromatic heterocycles. The smallest absolute Gasteiger partial charge is 0.190 e. The highest BCUT2D eigenvalue weighted by Crippen LogP contribution is 1.94. The molecular formula is C14H32N4. The Morgan fingerprint density at radius 2 is 1.78 bits per heavy atom. The van der Waals surface area contributed by atoms with E-state index < -0.39 is 0 Å². The first kappa shape index (κ1) is 17.2. The Hall–Kier alpha value is -0.770. The van der Waals surface area contributed by atoms with Crippen molar-refractivity contribution in [2.75, 3.05) is 39.8 Å². The maximum absolute atomic E-state index is 4.21. The second kappa shape index (κ2) is 11.3. The van der Waals surface area contributed by atoms with Gasteiger partial charge >= 0.3 is 0 Å². The molecule has 0 fully saturated rings. The lowest BCUT2D eigenvalue weighted by atomic mass is 10.2. The Morgan fingerprint density at radius 3 is 2.28 bits per heavy atom. The van der Waals surface area contributed by atoms with E-state index in [1.54, 1.807) is 0 Å². The number of aliphatic imine (C=N–C) groups is 1. The van der Waals surface area contributed by atoms with E-state index in [4.69, 9.17) is 0 Å². The molecule has 0 aromatic carbocycles. The lowest BCUT2D eigenvalue weighted by Gasteiger charge is -2.18. The SMILES string of the molecule is CCN(CC)CCCCNC(=NC)NCC(C)C. The first-order valence-corrected chi connectivity index (χ1v) is 7.30. The first-order chi connectivity index (χ1) is 8.63. The third-order valence-corrected chi connectivity index (χ3v) is 2.99. The lowest BCUT2D eigenvalue weighted by molar-refractivity contribution is 0.297. The topological polar surface area (TPSA) is 39.7 Å². The fourth-order valence-corrected chi connectivity index (χ4v) is 1.73. The summed E-state index contributed by atoms with van der Waals surface area (Å²) in [6.07, 6.45) is 2.44. The zero-order chi connectivity index (χ0) is 13.8. The monoisotopic (exact) mass is 256 g/mol. The molecule has 0 bridgehead atoms. The molecule has 0 aromatic rings. The van der Waals surface area contributed by atoms with Crippen LogP contribution in [0.15, 0.2) is 4.99 Å². The molecule has 0 aliphatic rings. The molecule has 4 nitrogen and oxygen atoms in total. The van der Waals surface area contributed by atoms with Crippen molar-refractivity contribution in [3.63, 3.8) is 0 Å². The molecule has 0 saturated carbocycles. The fraction of sp³-hybridized carbons (Fsp3) is 0.929. The number of nitrogens with one attached hydrogen (secondary N) is 2. The van der Waals surface area contributed by atoms with Crippen molar-refractivity contribution >= 4 is 5.96 Å². The Morgan fingerprint density at radius 1 is 1.11 bits per heavy atom. The largest absolute Gasteiger partial charge is 0.356 e. The van der Waals surface area contributed by atoms with Crippen LogP contribution >= 0.6 is 0 Å². The van der Waals surface area contributed by atoms with E-state index >= 15 is 0 Å². The molecule has 0 unspecified atom stereocenters. The standard InChI is InChI=1S/C14H32N4/c1-6-18(7-2)11-9-8-10-16-14(15-5)17-12-13(3)4/h13H,6-12H2,1-5H3,(H2,15,16,17). The molecule has 0 rings (SSSR count). The van der Waals surface area contributed by atoms with Gasteiger partial charge in [0.15, 0.2) is 5.96 Å². The van der Waals surface area contributed by atoms with Gasteiger partial charge in [0.25, 0.3) is 0 Å². The van der Waals surface area contributed by atoms with Gasteiger partial charge in [-0.25, -0.2) is 0 Å². The number of hydrogen-bond acceptors (Lipinski definition) is 2. The van der Waals surface area contributed by atoms with Gasteiger partial charge in [-0.2, -0.15) is 0 Å². The minimum absolute atomic E-state index is 0.645. The minimum atomic E-state index is 0.645. The molecule has 0 saturated heterocycles. The normalized spacial score (nSPS) is 12.3. The average molecular weight is 256 g/mol. The Kier molecular flexibility index (Phi) is 10.8. The molecule has 0 atom stereocenters. The van der Waals surface area contributed by atoms with Crippen molar-refractivity contribution in [2.45, 2.75) is 40.5 Å². The molecule has 18 heavy (non-hydrogen) atoms. The van der Waals surface area contributed by atoms with Crippen LogP contribution in [0.5, 0.6) is 0 Å². The molecule has 0 spiro atoms. The quantitative estimate of drug-likeness (QED) is 0.376. The van der Waals surface area contributed by atoms with Gasteiger partial charge in [-0.3, -0.25) is 4.99 Å². The maximum atomic E-state index is 4.21. The summed E-state index contributed by atoms with van der Waals surface area (Å²) in [4.78, 5) is 6.67. The van der Waals surface area contributed by atoms with Gasteiger partial charge in [-0.1, -0.05) is 27.7 Å².